The molecule has 118 valence electrons. The van der Waals surface area contributed by atoms with E-state index in [1.807, 2.05) is 25.1 Å². The van der Waals surface area contributed by atoms with E-state index in [0.717, 1.165) is 22.6 Å². The number of benzene rings is 2. The first-order valence-electron chi connectivity index (χ1n) is 7.13. The SMILES string of the molecule is CC1C=C(c2ccc(OCc3ccc(F)c(F)c3)cc2)SC1=O. The van der Waals surface area contributed by atoms with Gasteiger partial charge in [0, 0.05) is 10.8 Å². The average molecular weight is 332 g/mol. The Morgan fingerprint density at radius 1 is 1.09 bits per heavy atom. The van der Waals surface area contributed by atoms with E-state index in [1.54, 1.807) is 12.1 Å². The Morgan fingerprint density at radius 2 is 1.83 bits per heavy atom. The third kappa shape index (κ3) is 3.62. The maximum Gasteiger partial charge on any atom is 0.200 e. The molecule has 5 heteroatoms. The van der Waals surface area contributed by atoms with E-state index in [1.165, 1.54) is 17.8 Å². The first-order valence-corrected chi connectivity index (χ1v) is 7.95. The lowest BCUT2D eigenvalue weighted by Crippen LogP contribution is -1.97. The Hall–Kier alpha value is -2.14. The number of carbonyl (C=O) groups excluding carboxylic acids is 1. The van der Waals surface area contributed by atoms with E-state index in [4.69, 9.17) is 4.74 Å². The van der Waals surface area contributed by atoms with Crippen molar-refractivity contribution < 1.29 is 18.3 Å². The zero-order valence-corrected chi connectivity index (χ0v) is 13.2. The minimum absolute atomic E-state index is 0.0562. The second kappa shape index (κ2) is 6.54. The zero-order chi connectivity index (χ0) is 16.4. The van der Waals surface area contributed by atoms with Gasteiger partial charge in [0.15, 0.2) is 16.7 Å². The molecule has 2 nitrogen and oxygen atoms in total. The van der Waals surface area contributed by atoms with Crippen LogP contribution in [0.15, 0.2) is 48.5 Å². The van der Waals surface area contributed by atoms with E-state index in [9.17, 15) is 13.6 Å². The fourth-order valence-corrected chi connectivity index (χ4v) is 3.19. The molecule has 1 aliphatic heterocycles. The van der Waals surface area contributed by atoms with Crippen LogP contribution in [-0.4, -0.2) is 5.12 Å². The summed E-state index contributed by atoms with van der Waals surface area (Å²) in [6.45, 7) is 2.03. The average Bonchev–Trinajstić information content (AvgIpc) is 2.88. The number of hydrogen-bond donors (Lipinski definition) is 0. The molecule has 0 aromatic heterocycles. The Bertz CT molecular complexity index is 769. The lowest BCUT2D eigenvalue weighted by atomic mass is 10.1. The first kappa shape index (κ1) is 15.7. The molecule has 0 radical (unpaired) electrons. The molecule has 2 aromatic rings. The van der Waals surface area contributed by atoms with E-state index in [0.29, 0.717) is 11.3 Å². The number of carbonyl (C=O) groups is 1. The van der Waals surface area contributed by atoms with Crippen molar-refractivity contribution in [3.63, 3.8) is 0 Å². The molecule has 0 fully saturated rings. The zero-order valence-electron chi connectivity index (χ0n) is 12.4. The summed E-state index contributed by atoms with van der Waals surface area (Å²) in [6.07, 6.45) is 1.95. The van der Waals surface area contributed by atoms with Gasteiger partial charge < -0.3 is 4.74 Å². The van der Waals surface area contributed by atoms with Crippen molar-refractivity contribution in [2.45, 2.75) is 13.5 Å². The summed E-state index contributed by atoms with van der Waals surface area (Å²) in [6, 6.07) is 11.0. The Morgan fingerprint density at radius 3 is 2.43 bits per heavy atom. The fraction of sp³-hybridized carbons (Fsp3) is 0.167. The number of thioether (sulfide) groups is 1. The molecule has 1 aliphatic rings. The van der Waals surface area contributed by atoms with Crippen LogP contribution in [0.2, 0.25) is 0 Å². The number of hydrogen-bond acceptors (Lipinski definition) is 3. The molecule has 0 saturated carbocycles. The number of ether oxygens (including phenoxy) is 1. The highest BCUT2D eigenvalue weighted by Gasteiger charge is 2.22. The van der Waals surface area contributed by atoms with Gasteiger partial charge in [0.1, 0.15) is 12.4 Å². The fourth-order valence-electron chi connectivity index (χ4n) is 2.20. The molecular weight excluding hydrogens is 318 g/mol. The van der Waals surface area contributed by atoms with Crippen molar-refractivity contribution in [1.82, 2.24) is 0 Å². The monoisotopic (exact) mass is 332 g/mol. The highest BCUT2D eigenvalue weighted by Crippen LogP contribution is 2.38. The van der Waals surface area contributed by atoms with Gasteiger partial charge in [-0.1, -0.05) is 43.0 Å². The topological polar surface area (TPSA) is 26.3 Å². The molecule has 0 amide bonds. The molecule has 1 heterocycles. The highest BCUT2D eigenvalue weighted by molar-refractivity contribution is 8.21. The molecular formula is C18H14F2O2S. The molecule has 0 N–H and O–H groups in total. The first-order chi connectivity index (χ1) is 11.0. The van der Waals surface area contributed by atoms with Crippen LogP contribution in [0.3, 0.4) is 0 Å². The van der Waals surface area contributed by atoms with Crippen LogP contribution < -0.4 is 4.74 Å². The van der Waals surface area contributed by atoms with Crippen molar-refractivity contribution in [3.05, 3.63) is 71.3 Å². The molecule has 23 heavy (non-hydrogen) atoms. The maximum absolute atomic E-state index is 13.1. The molecule has 0 aliphatic carbocycles. The van der Waals surface area contributed by atoms with Crippen molar-refractivity contribution in [2.24, 2.45) is 5.92 Å². The van der Waals surface area contributed by atoms with Gasteiger partial charge in [-0.3, -0.25) is 4.79 Å². The number of allylic oxidation sites excluding steroid dienone is 1. The van der Waals surface area contributed by atoms with Crippen molar-refractivity contribution in [1.29, 1.82) is 0 Å². The molecule has 2 aromatic carbocycles. The summed E-state index contributed by atoms with van der Waals surface area (Å²) in [5, 5.41) is 0.152. The summed E-state index contributed by atoms with van der Waals surface area (Å²) in [7, 11) is 0. The van der Waals surface area contributed by atoms with Gasteiger partial charge in [0.2, 0.25) is 0 Å². The maximum atomic E-state index is 13.1. The molecule has 0 spiro atoms. The predicted molar refractivity (Wildman–Crippen MR) is 86.9 cm³/mol. The standard InChI is InChI=1S/C18H14F2O2S/c1-11-8-17(23-18(11)21)13-3-5-14(6-4-13)22-10-12-2-7-15(19)16(20)9-12/h2-9,11H,10H2,1H3. The van der Waals surface area contributed by atoms with Crippen LogP contribution in [0.25, 0.3) is 4.91 Å². The van der Waals surface area contributed by atoms with Gasteiger partial charge in [-0.25, -0.2) is 8.78 Å². The van der Waals surface area contributed by atoms with Crippen LogP contribution in [-0.2, 0) is 11.4 Å². The summed E-state index contributed by atoms with van der Waals surface area (Å²) in [4.78, 5) is 12.5. The van der Waals surface area contributed by atoms with Gasteiger partial charge in [-0.2, -0.15) is 0 Å². The van der Waals surface area contributed by atoms with Crippen molar-refractivity contribution >= 4 is 21.8 Å². The molecule has 0 bridgehead atoms. The number of halogens is 2. The van der Waals surface area contributed by atoms with Gasteiger partial charge in [-0.05, 0) is 35.4 Å². The summed E-state index contributed by atoms with van der Waals surface area (Å²) in [5.74, 6) is -1.18. The second-order valence-corrected chi connectivity index (χ2v) is 6.35. The van der Waals surface area contributed by atoms with Gasteiger partial charge >= 0.3 is 0 Å². The van der Waals surface area contributed by atoms with Crippen molar-refractivity contribution in [3.8, 4) is 5.75 Å². The summed E-state index contributed by atoms with van der Waals surface area (Å²) in [5.41, 5.74) is 1.52. The number of rotatable bonds is 4. The van der Waals surface area contributed by atoms with E-state index < -0.39 is 11.6 Å². The molecule has 1 unspecified atom stereocenters. The Balaban J connectivity index is 1.65. The Labute approximate surface area is 137 Å². The lowest BCUT2D eigenvalue weighted by Gasteiger charge is -2.08. The molecule has 0 saturated heterocycles. The largest absolute Gasteiger partial charge is 0.489 e. The van der Waals surface area contributed by atoms with Gasteiger partial charge in [-0.15, -0.1) is 0 Å². The highest BCUT2D eigenvalue weighted by atomic mass is 32.2. The van der Waals surface area contributed by atoms with Crippen molar-refractivity contribution in [2.75, 3.05) is 0 Å². The normalized spacial score (nSPS) is 17.3. The van der Waals surface area contributed by atoms with Crippen LogP contribution in [0.4, 0.5) is 8.78 Å². The van der Waals surface area contributed by atoms with Gasteiger partial charge in [0.05, 0.1) is 0 Å². The molecule has 1 atom stereocenters. The van der Waals surface area contributed by atoms with E-state index in [-0.39, 0.29) is 17.6 Å². The third-order valence-electron chi connectivity index (χ3n) is 3.51. The third-order valence-corrected chi connectivity index (χ3v) is 4.68. The smallest absolute Gasteiger partial charge is 0.200 e. The van der Waals surface area contributed by atoms with Crippen LogP contribution in [0.1, 0.15) is 18.1 Å². The van der Waals surface area contributed by atoms with E-state index in [2.05, 4.69) is 0 Å². The Kier molecular flexibility index (Phi) is 4.48. The molecule has 3 rings (SSSR count). The van der Waals surface area contributed by atoms with Gasteiger partial charge in [0.25, 0.3) is 0 Å². The van der Waals surface area contributed by atoms with Crippen LogP contribution >= 0.6 is 11.8 Å². The van der Waals surface area contributed by atoms with Crippen LogP contribution in [0.5, 0.6) is 5.75 Å². The second-order valence-electron chi connectivity index (χ2n) is 5.30. The lowest BCUT2D eigenvalue weighted by molar-refractivity contribution is -0.112. The minimum Gasteiger partial charge on any atom is -0.489 e. The van der Waals surface area contributed by atoms with Crippen LogP contribution in [0, 0.1) is 17.6 Å². The predicted octanol–water partition coefficient (Wildman–Crippen LogP) is 4.79. The summed E-state index contributed by atoms with van der Waals surface area (Å²) >= 11 is 1.25. The summed E-state index contributed by atoms with van der Waals surface area (Å²) < 4.78 is 31.6. The minimum atomic E-state index is -0.884. The quantitative estimate of drug-likeness (QED) is 0.805. The van der Waals surface area contributed by atoms with E-state index >= 15 is 0 Å².